The zero-order chi connectivity index (χ0) is 21.1. The van der Waals surface area contributed by atoms with Gasteiger partial charge in [0.15, 0.2) is 8.32 Å². The van der Waals surface area contributed by atoms with Crippen molar-refractivity contribution >= 4 is 31.9 Å². The predicted octanol–water partition coefficient (Wildman–Crippen LogP) is 2.39. The van der Waals surface area contributed by atoms with E-state index in [9.17, 15) is 19.2 Å². The lowest BCUT2D eigenvalue weighted by atomic mass is 9.99. The van der Waals surface area contributed by atoms with Gasteiger partial charge >= 0.3 is 0 Å². The average Bonchev–Trinajstić information content (AvgIpc) is 2.83. The molecule has 150 valence electrons. The normalized spacial score (nSPS) is 25.8. The zero-order valence-electron chi connectivity index (χ0n) is 16.5. The molecule has 2 unspecified atom stereocenters. The van der Waals surface area contributed by atoms with E-state index in [4.69, 9.17) is 4.43 Å². The molecule has 2 atom stereocenters. The molecule has 2 heterocycles. The standard InChI is InChI=1S/C19H23FN2O5Si/c1-18(2,3)28(4,5)27-13-10-19(20,17(26)21-14(13)23)22-15(24)11-8-6-7-9-12(11)16(22)25/h6-9,13H,10H2,1-5H3,(H,21,23,26). The van der Waals surface area contributed by atoms with Crippen molar-refractivity contribution < 1.29 is 28.0 Å². The number of carbonyl (C=O) groups is 4. The van der Waals surface area contributed by atoms with Crippen LogP contribution in [0.2, 0.25) is 18.1 Å². The van der Waals surface area contributed by atoms with Crippen molar-refractivity contribution in [2.75, 3.05) is 0 Å². The number of piperidine rings is 1. The maximum Gasteiger partial charge on any atom is 0.286 e. The van der Waals surface area contributed by atoms with Gasteiger partial charge < -0.3 is 4.43 Å². The molecule has 4 amide bonds. The largest absolute Gasteiger partial charge is 0.405 e. The Bertz CT molecular complexity index is 860. The van der Waals surface area contributed by atoms with E-state index in [0.29, 0.717) is 4.90 Å². The first-order chi connectivity index (χ1) is 12.8. The van der Waals surface area contributed by atoms with E-state index in [-0.39, 0.29) is 16.2 Å². The molecule has 1 fully saturated rings. The van der Waals surface area contributed by atoms with Crippen LogP contribution in [0.4, 0.5) is 4.39 Å². The van der Waals surface area contributed by atoms with Crippen LogP contribution in [0.15, 0.2) is 24.3 Å². The number of alkyl halides is 1. The predicted molar refractivity (Wildman–Crippen MR) is 101 cm³/mol. The number of imide groups is 2. The van der Waals surface area contributed by atoms with E-state index < -0.39 is 50.3 Å². The second-order valence-electron chi connectivity index (χ2n) is 8.64. The molecule has 0 aromatic heterocycles. The molecule has 2 aliphatic rings. The van der Waals surface area contributed by atoms with E-state index >= 15 is 4.39 Å². The SMILES string of the molecule is CC(C)(C)[Si](C)(C)OC1CC(F)(N2C(=O)c3ccccc3C2=O)C(=O)NC1=O. The van der Waals surface area contributed by atoms with Gasteiger partial charge in [0.1, 0.15) is 6.10 Å². The van der Waals surface area contributed by atoms with Crippen LogP contribution in [0.3, 0.4) is 0 Å². The van der Waals surface area contributed by atoms with Crippen LogP contribution in [0, 0.1) is 0 Å². The first-order valence-corrected chi connectivity index (χ1v) is 11.9. The Labute approximate surface area is 163 Å². The van der Waals surface area contributed by atoms with Crippen molar-refractivity contribution in [1.29, 1.82) is 0 Å². The van der Waals surface area contributed by atoms with Crippen molar-refractivity contribution in [3.05, 3.63) is 35.4 Å². The Morgan fingerprint density at radius 2 is 1.61 bits per heavy atom. The average molecular weight is 406 g/mol. The first kappa shape index (κ1) is 20.3. The van der Waals surface area contributed by atoms with Crippen molar-refractivity contribution in [1.82, 2.24) is 10.2 Å². The fourth-order valence-corrected chi connectivity index (χ4v) is 4.31. The van der Waals surface area contributed by atoms with Gasteiger partial charge in [0.2, 0.25) is 0 Å². The van der Waals surface area contributed by atoms with Crippen LogP contribution >= 0.6 is 0 Å². The van der Waals surface area contributed by atoms with Gasteiger partial charge in [0.05, 0.1) is 11.1 Å². The van der Waals surface area contributed by atoms with Gasteiger partial charge in [-0.1, -0.05) is 32.9 Å². The van der Waals surface area contributed by atoms with Gasteiger partial charge in [0.25, 0.3) is 29.4 Å². The van der Waals surface area contributed by atoms with E-state index in [1.807, 2.05) is 39.2 Å². The van der Waals surface area contributed by atoms with Gasteiger partial charge in [-0.15, -0.1) is 0 Å². The monoisotopic (exact) mass is 406 g/mol. The summed E-state index contributed by atoms with van der Waals surface area (Å²) in [6, 6.07) is 5.89. The summed E-state index contributed by atoms with van der Waals surface area (Å²) in [5.41, 5.74) is 0.0483. The number of nitrogens with zero attached hydrogens (tertiary/aromatic N) is 1. The highest BCUT2D eigenvalue weighted by Gasteiger charge is 2.60. The van der Waals surface area contributed by atoms with E-state index in [2.05, 4.69) is 0 Å². The van der Waals surface area contributed by atoms with Crippen molar-refractivity contribution in [2.24, 2.45) is 0 Å². The van der Waals surface area contributed by atoms with Crippen molar-refractivity contribution in [3.63, 3.8) is 0 Å². The van der Waals surface area contributed by atoms with Crippen LogP contribution in [0.25, 0.3) is 0 Å². The number of fused-ring (bicyclic) bond motifs is 1. The molecule has 0 saturated carbocycles. The van der Waals surface area contributed by atoms with Gasteiger partial charge in [-0.3, -0.25) is 24.5 Å². The second-order valence-corrected chi connectivity index (χ2v) is 13.4. The highest BCUT2D eigenvalue weighted by molar-refractivity contribution is 6.74. The molecule has 1 N–H and O–H groups in total. The van der Waals surface area contributed by atoms with Crippen LogP contribution in [-0.2, 0) is 14.0 Å². The second kappa shape index (κ2) is 6.31. The lowest BCUT2D eigenvalue weighted by Crippen LogP contribution is -2.67. The summed E-state index contributed by atoms with van der Waals surface area (Å²) in [6.45, 7) is 9.64. The summed E-state index contributed by atoms with van der Waals surface area (Å²) in [4.78, 5) is 50.3. The molecule has 1 saturated heterocycles. The molecule has 28 heavy (non-hydrogen) atoms. The number of amides is 4. The van der Waals surface area contributed by atoms with Gasteiger partial charge in [0, 0.05) is 6.42 Å². The first-order valence-electron chi connectivity index (χ1n) is 8.99. The van der Waals surface area contributed by atoms with Gasteiger partial charge in [-0.2, -0.15) is 0 Å². The zero-order valence-corrected chi connectivity index (χ0v) is 17.5. The highest BCUT2D eigenvalue weighted by Crippen LogP contribution is 2.41. The lowest BCUT2D eigenvalue weighted by molar-refractivity contribution is -0.159. The summed E-state index contributed by atoms with van der Waals surface area (Å²) in [7, 11) is -2.48. The number of carbonyl (C=O) groups excluding carboxylic acids is 4. The third-order valence-corrected chi connectivity index (χ3v) is 10.2. The minimum Gasteiger partial charge on any atom is -0.405 e. The van der Waals surface area contributed by atoms with Crippen LogP contribution in [0.1, 0.15) is 47.9 Å². The number of hydrogen-bond donors (Lipinski definition) is 1. The fourth-order valence-electron chi connectivity index (χ4n) is 3.05. The number of hydrogen-bond acceptors (Lipinski definition) is 5. The number of benzene rings is 1. The molecule has 1 aromatic carbocycles. The number of rotatable bonds is 3. The van der Waals surface area contributed by atoms with Crippen LogP contribution in [0.5, 0.6) is 0 Å². The molecular formula is C19H23FN2O5Si. The third kappa shape index (κ3) is 2.98. The quantitative estimate of drug-likeness (QED) is 0.473. The Hall–Kier alpha value is -2.39. The molecular weight excluding hydrogens is 383 g/mol. The molecule has 7 nitrogen and oxygen atoms in total. The summed E-state index contributed by atoms with van der Waals surface area (Å²) < 4.78 is 21.9. The van der Waals surface area contributed by atoms with E-state index in [0.717, 1.165) is 0 Å². The Balaban J connectivity index is 1.95. The number of halogens is 1. The fraction of sp³-hybridized carbons (Fsp3) is 0.474. The molecule has 0 spiro atoms. The Morgan fingerprint density at radius 3 is 2.07 bits per heavy atom. The lowest BCUT2D eigenvalue weighted by Gasteiger charge is -2.43. The van der Waals surface area contributed by atoms with Crippen molar-refractivity contribution in [2.45, 2.75) is 57.2 Å². The van der Waals surface area contributed by atoms with E-state index in [1.165, 1.54) is 12.1 Å². The maximum absolute atomic E-state index is 15.9. The number of nitrogens with one attached hydrogen (secondary N) is 1. The Kier molecular flexibility index (Phi) is 4.59. The summed E-state index contributed by atoms with van der Waals surface area (Å²) in [5, 5.41) is 1.68. The molecule has 0 aliphatic carbocycles. The summed E-state index contributed by atoms with van der Waals surface area (Å²) in [6.07, 6.45) is -2.01. The molecule has 0 radical (unpaired) electrons. The Morgan fingerprint density at radius 1 is 1.11 bits per heavy atom. The molecule has 2 aliphatic heterocycles. The smallest absolute Gasteiger partial charge is 0.286 e. The molecule has 9 heteroatoms. The van der Waals surface area contributed by atoms with Crippen molar-refractivity contribution in [3.8, 4) is 0 Å². The van der Waals surface area contributed by atoms with Crippen LogP contribution < -0.4 is 5.32 Å². The van der Waals surface area contributed by atoms with Crippen LogP contribution in [-0.4, -0.2) is 48.7 Å². The summed E-state index contributed by atoms with van der Waals surface area (Å²) in [5.74, 6) is -6.91. The molecule has 1 aromatic rings. The highest BCUT2D eigenvalue weighted by atomic mass is 28.4. The maximum atomic E-state index is 15.9. The van der Waals surface area contributed by atoms with Gasteiger partial charge in [-0.05, 0) is 30.3 Å². The van der Waals surface area contributed by atoms with E-state index in [1.54, 1.807) is 12.1 Å². The molecule has 0 bridgehead atoms. The topological polar surface area (TPSA) is 92.8 Å². The summed E-state index contributed by atoms with van der Waals surface area (Å²) >= 11 is 0. The minimum atomic E-state index is -3.01. The molecule has 3 rings (SSSR count). The minimum absolute atomic E-state index is 0.0242. The van der Waals surface area contributed by atoms with Gasteiger partial charge in [-0.25, -0.2) is 9.29 Å². The third-order valence-electron chi connectivity index (χ3n) is 5.72.